The predicted molar refractivity (Wildman–Crippen MR) is 71.8 cm³/mol. The third-order valence-electron chi connectivity index (χ3n) is 2.49. The summed E-state index contributed by atoms with van der Waals surface area (Å²) in [5.74, 6) is -1.75. The van der Waals surface area contributed by atoms with E-state index in [9.17, 15) is 14.0 Å². The van der Waals surface area contributed by atoms with Gasteiger partial charge >= 0.3 is 5.97 Å². The van der Waals surface area contributed by atoms with E-state index >= 15 is 0 Å². The molecule has 2 aromatic rings. The summed E-state index contributed by atoms with van der Waals surface area (Å²) in [5, 5.41) is 2.33. The maximum atomic E-state index is 13.3. The molecule has 102 valence electrons. The zero-order valence-electron chi connectivity index (χ0n) is 10.5. The molecule has 4 nitrogen and oxygen atoms in total. The van der Waals surface area contributed by atoms with Gasteiger partial charge in [-0.05, 0) is 24.3 Å². The molecular formula is C15H12FNO3. The average Bonchev–Trinajstić information content (AvgIpc) is 2.48. The van der Waals surface area contributed by atoms with Crippen LogP contribution in [0.25, 0.3) is 0 Å². The number of ether oxygens (including phenoxy) is 1. The number of carbonyl (C=O) groups is 2. The molecule has 0 atom stereocenters. The van der Waals surface area contributed by atoms with Gasteiger partial charge in [-0.1, -0.05) is 30.3 Å². The van der Waals surface area contributed by atoms with E-state index in [1.807, 2.05) is 0 Å². The fraction of sp³-hybridized carbons (Fsp3) is 0.0667. The van der Waals surface area contributed by atoms with Crippen molar-refractivity contribution in [2.75, 3.05) is 11.9 Å². The first-order valence-corrected chi connectivity index (χ1v) is 5.93. The van der Waals surface area contributed by atoms with E-state index in [0.717, 1.165) is 0 Å². The van der Waals surface area contributed by atoms with Gasteiger partial charge in [-0.3, -0.25) is 4.79 Å². The first-order valence-electron chi connectivity index (χ1n) is 5.93. The number of carbonyl (C=O) groups excluding carboxylic acids is 2. The lowest BCUT2D eigenvalue weighted by atomic mass is 10.2. The standard InChI is InChI=1S/C15H12FNO3/c16-12-8-4-5-9-13(12)17-14(18)10-20-15(19)11-6-2-1-3-7-11/h1-9H,10H2,(H,17,18). The van der Waals surface area contributed by atoms with Crippen molar-refractivity contribution in [3.05, 3.63) is 66.0 Å². The molecule has 5 heteroatoms. The van der Waals surface area contributed by atoms with Crippen molar-refractivity contribution in [1.82, 2.24) is 0 Å². The third kappa shape index (κ3) is 3.65. The summed E-state index contributed by atoms with van der Waals surface area (Å²) in [6.45, 7) is -0.470. The number of hydrogen-bond donors (Lipinski definition) is 1. The highest BCUT2D eigenvalue weighted by Crippen LogP contribution is 2.12. The fourth-order valence-corrected chi connectivity index (χ4v) is 1.54. The average molecular weight is 273 g/mol. The molecule has 0 aliphatic carbocycles. The number of halogens is 1. The molecular weight excluding hydrogens is 261 g/mol. The second-order valence-corrected chi connectivity index (χ2v) is 3.97. The summed E-state index contributed by atoms with van der Waals surface area (Å²) in [6, 6.07) is 14.1. The highest BCUT2D eigenvalue weighted by atomic mass is 19.1. The Morgan fingerprint density at radius 3 is 2.35 bits per heavy atom. The van der Waals surface area contributed by atoms with Crippen LogP contribution >= 0.6 is 0 Å². The van der Waals surface area contributed by atoms with Crippen LogP contribution in [0.2, 0.25) is 0 Å². The summed E-state index contributed by atoms with van der Waals surface area (Å²) >= 11 is 0. The Balaban J connectivity index is 1.87. The van der Waals surface area contributed by atoms with Gasteiger partial charge in [0.2, 0.25) is 0 Å². The maximum absolute atomic E-state index is 13.3. The zero-order valence-corrected chi connectivity index (χ0v) is 10.5. The molecule has 2 aromatic carbocycles. The number of anilines is 1. The lowest BCUT2D eigenvalue weighted by molar-refractivity contribution is -0.119. The van der Waals surface area contributed by atoms with Crippen LogP contribution in [0.5, 0.6) is 0 Å². The quantitative estimate of drug-likeness (QED) is 0.871. The van der Waals surface area contributed by atoms with E-state index in [2.05, 4.69) is 5.32 Å². The Kier molecular flexibility index (Phi) is 4.44. The predicted octanol–water partition coefficient (Wildman–Crippen LogP) is 2.62. The molecule has 0 spiro atoms. The molecule has 2 rings (SSSR count). The third-order valence-corrected chi connectivity index (χ3v) is 2.49. The van der Waals surface area contributed by atoms with Gasteiger partial charge < -0.3 is 10.1 Å². The second kappa shape index (κ2) is 6.47. The monoisotopic (exact) mass is 273 g/mol. The van der Waals surface area contributed by atoms with Gasteiger partial charge in [-0.25, -0.2) is 9.18 Å². The van der Waals surface area contributed by atoms with Crippen molar-refractivity contribution in [1.29, 1.82) is 0 Å². The lowest BCUT2D eigenvalue weighted by Crippen LogP contribution is -2.21. The van der Waals surface area contributed by atoms with Gasteiger partial charge in [0.15, 0.2) is 6.61 Å². The number of amides is 1. The Labute approximate surface area is 115 Å². The van der Waals surface area contributed by atoms with E-state index in [1.165, 1.54) is 18.2 Å². The summed E-state index contributed by atoms with van der Waals surface area (Å²) in [5.41, 5.74) is 0.402. The number of benzene rings is 2. The molecule has 0 aliphatic heterocycles. The minimum absolute atomic E-state index is 0.0493. The van der Waals surface area contributed by atoms with Crippen LogP contribution in [-0.2, 0) is 9.53 Å². The molecule has 1 amide bonds. The van der Waals surface area contributed by atoms with Crippen molar-refractivity contribution >= 4 is 17.6 Å². The van der Waals surface area contributed by atoms with Gasteiger partial charge in [0.05, 0.1) is 11.3 Å². The molecule has 0 fully saturated rings. The van der Waals surface area contributed by atoms with Crippen LogP contribution in [-0.4, -0.2) is 18.5 Å². The number of nitrogens with one attached hydrogen (secondary N) is 1. The van der Waals surface area contributed by atoms with Gasteiger partial charge in [-0.15, -0.1) is 0 Å². The Morgan fingerprint density at radius 2 is 1.65 bits per heavy atom. The molecule has 0 bridgehead atoms. The minimum atomic E-state index is -0.603. The SMILES string of the molecule is O=C(COC(=O)c1ccccc1)Nc1ccccc1F. The molecule has 0 heterocycles. The minimum Gasteiger partial charge on any atom is -0.452 e. The van der Waals surface area contributed by atoms with Crippen LogP contribution in [0.1, 0.15) is 10.4 Å². The topological polar surface area (TPSA) is 55.4 Å². The van der Waals surface area contributed by atoms with Crippen molar-refractivity contribution in [3.63, 3.8) is 0 Å². The summed E-state index contributed by atoms with van der Waals surface area (Å²) in [6.07, 6.45) is 0. The summed E-state index contributed by atoms with van der Waals surface area (Å²) < 4.78 is 18.1. The molecule has 0 aromatic heterocycles. The number of hydrogen-bond acceptors (Lipinski definition) is 3. The molecule has 0 saturated heterocycles. The van der Waals surface area contributed by atoms with E-state index in [1.54, 1.807) is 36.4 Å². The van der Waals surface area contributed by atoms with Crippen molar-refractivity contribution in [2.24, 2.45) is 0 Å². The zero-order chi connectivity index (χ0) is 14.4. The van der Waals surface area contributed by atoms with Crippen molar-refractivity contribution in [2.45, 2.75) is 0 Å². The van der Waals surface area contributed by atoms with E-state index in [-0.39, 0.29) is 5.69 Å². The number of para-hydroxylation sites is 1. The number of rotatable bonds is 4. The molecule has 20 heavy (non-hydrogen) atoms. The molecule has 0 saturated carbocycles. The van der Waals surface area contributed by atoms with Crippen LogP contribution < -0.4 is 5.32 Å². The fourth-order valence-electron chi connectivity index (χ4n) is 1.54. The van der Waals surface area contributed by atoms with Crippen LogP contribution in [0, 0.1) is 5.82 Å². The molecule has 0 radical (unpaired) electrons. The highest BCUT2D eigenvalue weighted by molar-refractivity contribution is 5.95. The van der Waals surface area contributed by atoms with Crippen molar-refractivity contribution in [3.8, 4) is 0 Å². The van der Waals surface area contributed by atoms with E-state index in [4.69, 9.17) is 4.74 Å². The Morgan fingerprint density at radius 1 is 1.00 bits per heavy atom. The first-order chi connectivity index (χ1) is 9.66. The van der Waals surface area contributed by atoms with E-state index < -0.39 is 24.3 Å². The van der Waals surface area contributed by atoms with Gasteiger partial charge in [0.1, 0.15) is 5.82 Å². The van der Waals surface area contributed by atoms with Crippen molar-refractivity contribution < 1.29 is 18.7 Å². The molecule has 0 aliphatic rings. The first kappa shape index (κ1) is 13.7. The normalized spacial score (nSPS) is 9.85. The second-order valence-electron chi connectivity index (χ2n) is 3.97. The highest BCUT2D eigenvalue weighted by Gasteiger charge is 2.11. The molecule has 1 N–H and O–H groups in total. The Hall–Kier alpha value is -2.69. The number of esters is 1. The lowest BCUT2D eigenvalue weighted by Gasteiger charge is -2.07. The van der Waals surface area contributed by atoms with Crippen LogP contribution in [0.4, 0.5) is 10.1 Å². The Bertz CT molecular complexity index is 614. The van der Waals surface area contributed by atoms with E-state index in [0.29, 0.717) is 5.56 Å². The summed E-state index contributed by atoms with van der Waals surface area (Å²) in [4.78, 5) is 23.1. The summed E-state index contributed by atoms with van der Waals surface area (Å²) in [7, 11) is 0. The van der Waals surface area contributed by atoms with Gasteiger partial charge in [0, 0.05) is 0 Å². The molecule has 0 unspecified atom stereocenters. The van der Waals surface area contributed by atoms with Crippen LogP contribution in [0.3, 0.4) is 0 Å². The van der Waals surface area contributed by atoms with Crippen LogP contribution in [0.15, 0.2) is 54.6 Å². The van der Waals surface area contributed by atoms with Gasteiger partial charge in [0.25, 0.3) is 5.91 Å². The maximum Gasteiger partial charge on any atom is 0.338 e. The smallest absolute Gasteiger partial charge is 0.338 e. The largest absolute Gasteiger partial charge is 0.452 e. The van der Waals surface area contributed by atoms with Gasteiger partial charge in [-0.2, -0.15) is 0 Å².